The number of carbonyl (C=O) groups is 3. The highest BCUT2D eigenvalue weighted by Crippen LogP contribution is 2.18. The maximum absolute atomic E-state index is 12.9. The molecule has 0 radical (unpaired) electrons. The molecule has 12 heteroatoms. The molecule has 0 heterocycles. The maximum Gasteiger partial charge on any atom is 0.338 e. The second kappa shape index (κ2) is 28.4. The van der Waals surface area contributed by atoms with Crippen LogP contribution in [0.1, 0.15) is 127 Å². The molecule has 0 aliphatic rings. The zero-order valence-corrected chi connectivity index (χ0v) is 35.5. The molecule has 258 valence electrons. The van der Waals surface area contributed by atoms with Gasteiger partial charge in [0.2, 0.25) is 0 Å². The number of hydrogen-bond donors (Lipinski definition) is 0. The summed E-state index contributed by atoms with van der Waals surface area (Å²) in [5.41, 5.74) is 0.425. The minimum Gasteiger partial charge on any atom is -0.462 e. The van der Waals surface area contributed by atoms with Crippen molar-refractivity contribution in [3.63, 3.8) is 0 Å². The normalized spacial score (nSPS) is 13.2. The molecule has 0 fully saturated rings. The molecule has 3 unspecified atom stereocenters. The summed E-state index contributed by atoms with van der Waals surface area (Å²) < 4.78 is 16.5. The number of carbonyl (C=O) groups excluding carboxylic acids is 3. The lowest BCUT2D eigenvalue weighted by molar-refractivity contribution is 0.0494. The van der Waals surface area contributed by atoms with Gasteiger partial charge in [-0.05, 0) is 56.7 Å². The third-order valence-corrected chi connectivity index (χ3v) is 14.4. The van der Waals surface area contributed by atoms with Gasteiger partial charge in [0.05, 0.1) is 36.5 Å². The summed E-state index contributed by atoms with van der Waals surface area (Å²) in [5.74, 6) is -1.71. The fourth-order valence-corrected chi connectivity index (χ4v) is 6.36. The number of benzene rings is 1. The summed E-state index contributed by atoms with van der Waals surface area (Å²) in [6.45, 7) is 0.835. The largest absolute Gasteiger partial charge is 0.462 e. The molecule has 1 aromatic rings. The van der Waals surface area contributed by atoms with Gasteiger partial charge in [0, 0.05) is 30.5 Å². The second-order valence-corrected chi connectivity index (χ2v) is 16.9. The van der Waals surface area contributed by atoms with Crippen molar-refractivity contribution >= 4 is 113 Å². The zero-order valence-electron chi connectivity index (χ0n) is 26.0. The highest BCUT2D eigenvalue weighted by atomic mass is 79.9. The van der Waals surface area contributed by atoms with E-state index >= 15 is 0 Å². The van der Waals surface area contributed by atoms with E-state index in [4.69, 9.17) is 14.2 Å². The Morgan fingerprint density at radius 2 is 0.689 bits per heavy atom. The van der Waals surface area contributed by atoms with Gasteiger partial charge in [0.1, 0.15) is 0 Å². The van der Waals surface area contributed by atoms with Crippen LogP contribution in [0.2, 0.25) is 0 Å². The molecular formula is C33H48Br6O6. The third kappa shape index (κ3) is 22.0. The van der Waals surface area contributed by atoms with E-state index in [0.29, 0.717) is 14.5 Å². The molecule has 0 bridgehead atoms. The third-order valence-electron chi connectivity index (χ3n) is 7.08. The van der Waals surface area contributed by atoms with Crippen LogP contribution in [0.5, 0.6) is 0 Å². The Hall–Kier alpha value is 0.510. The molecule has 0 amide bonds. The number of halogens is 6. The number of alkyl halides is 6. The molecule has 0 saturated heterocycles. The van der Waals surface area contributed by atoms with Crippen molar-refractivity contribution in [3.05, 3.63) is 34.9 Å². The summed E-state index contributed by atoms with van der Waals surface area (Å²) in [6, 6.07) is 4.33. The molecule has 1 rings (SSSR count). The lowest BCUT2D eigenvalue weighted by Crippen LogP contribution is -2.14. The number of rotatable bonds is 27. The Kier molecular flexibility index (Phi) is 27.4. The molecule has 0 aliphatic heterocycles. The average molecular weight is 1020 g/mol. The highest BCUT2D eigenvalue weighted by molar-refractivity contribution is 9.12. The number of ether oxygens (including phenoxy) is 3. The van der Waals surface area contributed by atoms with Crippen molar-refractivity contribution < 1.29 is 28.6 Å². The summed E-state index contributed by atoms with van der Waals surface area (Å²) in [4.78, 5) is 40.2. The van der Waals surface area contributed by atoms with Crippen molar-refractivity contribution in [2.24, 2.45) is 0 Å². The Balaban J connectivity index is 2.69. The van der Waals surface area contributed by atoms with Gasteiger partial charge in [0.15, 0.2) is 0 Å². The van der Waals surface area contributed by atoms with Gasteiger partial charge in [0.25, 0.3) is 0 Å². The van der Waals surface area contributed by atoms with Gasteiger partial charge < -0.3 is 14.2 Å². The van der Waals surface area contributed by atoms with Crippen molar-refractivity contribution in [3.8, 4) is 0 Å². The van der Waals surface area contributed by atoms with Gasteiger partial charge in [-0.15, -0.1) is 0 Å². The van der Waals surface area contributed by atoms with E-state index in [0.717, 1.165) is 112 Å². The summed E-state index contributed by atoms with van der Waals surface area (Å²) in [6.07, 6.45) is 14.9. The first kappa shape index (κ1) is 43.5. The highest BCUT2D eigenvalue weighted by Gasteiger charge is 2.19. The van der Waals surface area contributed by atoms with Crippen LogP contribution < -0.4 is 0 Å². The fraction of sp³-hybridized carbons (Fsp3) is 0.727. The van der Waals surface area contributed by atoms with Crippen molar-refractivity contribution in [1.82, 2.24) is 0 Å². The number of hydrogen-bond acceptors (Lipinski definition) is 6. The van der Waals surface area contributed by atoms with E-state index in [1.807, 2.05) is 0 Å². The molecule has 0 spiro atoms. The van der Waals surface area contributed by atoms with E-state index in [2.05, 4.69) is 95.6 Å². The van der Waals surface area contributed by atoms with Gasteiger partial charge >= 0.3 is 17.9 Å². The minimum atomic E-state index is -0.569. The first-order chi connectivity index (χ1) is 21.7. The smallest absolute Gasteiger partial charge is 0.338 e. The van der Waals surface area contributed by atoms with Crippen LogP contribution >= 0.6 is 95.6 Å². The quantitative estimate of drug-likeness (QED) is 0.0378. The predicted molar refractivity (Wildman–Crippen MR) is 206 cm³/mol. The number of unbranched alkanes of at least 4 members (excludes halogenated alkanes) is 9. The Morgan fingerprint density at radius 1 is 0.444 bits per heavy atom. The Bertz CT molecular complexity index is 834. The van der Waals surface area contributed by atoms with E-state index in [1.165, 1.54) is 18.2 Å². The minimum absolute atomic E-state index is 0.142. The van der Waals surface area contributed by atoms with Crippen LogP contribution in [0.15, 0.2) is 18.2 Å². The summed E-state index contributed by atoms with van der Waals surface area (Å²) >= 11 is 21.2. The molecule has 0 aromatic heterocycles. The monoisotopic (exact) mass is 1010 g/mol. The molecule has 45 heavy (non-hydrogen) atoms. The fourth-order valence-electron chi connectivity index (χ4n) is 4.42. The lowest BCUT2D eigenvalue weighted by atomic mass is 10.1. The van der Waals surface area contributed by atoms with Crippen LogP contribution in [0.4, 0.5) is 0 Å². The predicted octanol–water partition coefficient (Wildman–Crippen LogP) is 11.5. The van der Waals surface area contributed by atoms with Crippen molar-refractivity contribution in [1.29, 1.82) is 0 Å². The SMILES string of the molecule is O=C(OCCCCCCC(Br)CBr)c1cc(C(=O)OCCCCCCC(Br)CBr)cc(C(=O)OCCCCCCC(Br)CBr)c1. The van der Waals surface area contributed by atoms with Crippen LogP contribution in [0.25, 0.3) is 0 Å². The van der Waals surface area contributed by atoms with Crippen LogP contribution in [-0.4, -0.2) is 68.2 Å². The van der Waals surface area contributed by atoms with E-state index < -0.39 is 17.9 Å². The maximum atomic E-state index is 12.9. The van der Waals surface area contributed by atoms with Crippen molar-refractivity contribution in [2.75, 3.05) is 35.8 Å². The molecule has 3 atom stereocenters. The van der Waals surface area contributed by atoms with Gasteiger partial charge in [-0.25, -0.2) is 14.4 Å². The summed E-state index contributed by atoms with van der Waals surface area (Å²) in [7, 11) is 0. The first-order valence-electron chi connectivity index (χ1n) is 16.0. The Morgan fingerprint density at radius 3 is 0.933 bits per heavy atom. The van der Waals surface area contributed by atoms with Crippen LogP contribution in [0, 0.1) is 0 Å². The van der Waals surface area contributed by atoms with Gasteiger partial charge in [-0.2, -0.15) is 0 Å². The molecule has 1 aromatic carbocycles. The number of esters is 3. The molecule has 6 nitrogen and oxygen atoms in total. The van der Waals surface area contributed by atoms with Crippen LogP contribution in [0.3, 0.4) is 0 Å². The average Bonchev–Trinajstić information content (AvgIpc) is 3.05. The molecular weight excluding hydrogens is 972 g/mol. The van der Waals surface area contributed by atoms with Crippen molar-refractivity contribution in [2.45, 2.75) is 111 Å². The lowest BCUT2D eigenvalue weighted by Gasteiger charge is -2.11. The topological polar surface area (TPSA) is 78.9 Å². The standard InChI is InChI=1S/C33H48Br6O6/c34-22-28(37)13-7-1-4-10-16-43-31(40)25-19-26(32(41)44-17-11-5-2-8-14-29(38)23-35)21-27(20-25)33(42)45-18-12-6-3-9-15-30(39)24-36/h19-21,28-30H,1-18,22-24H2. The van der Waals surface area contributed by atoms with Crippen LogP contribution in [-0.2, 0) is 14.2 Å². The zero-order chi connectivity index (χ0) is 33.3. The van der Waals surface area contributed by atoms with Gasteiger partial charge in [-0.1, -0.05) is 153 Å². The Labute approximate surface area is 320 Å². The van der Waals surface area contributed by atoms with E-state index in [1.54, 1.807) is 0 Å². The van der Waals surface area contributed by atoms with E-state index in [9.17, 15) is 14.4 Å². The summed E-state index contributed by atoms with van der Waals surface area (Å²) in [5, 5.41) is 2.79. The van der Waals surface area contributed by atoms with Gasteiger partial charge in [-0.3, -0.25) is 0 Å². The van der Waals surface area contributed by atoms with E-state index in [-0.39, 0.29) is 36.5 Å². The first-order valence-corrected chi connectivity index (χ1v) is 22.1. The second-order valence-electron chi connectivity index (χ2n) is 11.1. The molecule has 0 aliphatic carbocycles. The molecule has 0 saturated carbocycles. The molecule has 0 N–H and O–H groups in total.